The van der Waals surface area contributed by atoms with Gasteiger partial charge < -0.3 is 0 Å². The molecule has 1 aromatic carbocycles. The fraction of sp³-hybridized carbons (Fsp3) is 0.385. The van der Waals surface area contributed by atoms with Crippen molar-refractivity contribution in [2.24, 2.45) is 0 Å². The van der Waals surface area contributed by atoms with Gasteiger partial charge in [-0.3, -0.25) is 0 Å². The Balaban J connectivity index is 3.39. The molecule has 1 rings (SSSR count). The van der Waals surface area contributed by atoms with Crippen LogP contribution in [0.3, 0.4) is 0 Å². The molecule has 0 aromatic heterocycles. The first-order valence-electron chi connectivity index (χ1n) is 4.57. The lowest BCUT2D eigenvalue weighted by Crippen LogP contribution is -1.98. The van der Waals surface area contributed by atoms with E-state index in [2.05, 4.69) is 39.7 Å². The van der Waals surface area contributed by atoms with Crippen LogP contribution in [0.5, 0.6) is 0 Å². The summed E-state index contributed by atoms with van der Waals surface area (Å²) < 4.78 is 0. The maximum absolute atomic E-state index is 5.35. The Morgan fingerprint density at radius 3 is 1.92 bits per heavy atom. The van der Waals surface area contributed by atoms with Gasteiger partial charge in [-0.15, -0.1) is 12.3 Å². The minimum Gasteiger partial charge on any atom is -0.120 e. The van der Waals surface area contributed by atoms with E-state index in [1.165, 1.54) is 27.8 Å². The van der Waals surface area contributed by atoms with E-state index in [4.69, 9.17) is 6.42 Å². The smallest absolute Gasteiger partial charge is 0.0343 e. The van der Waals surface area contributed by atoms with E-state index in [1.807, 2.05) is 0 Å². The van der Waals surface area contributed by atoms with Crippen molar-refractivity contribution in [2.75, 3.05) is 0 Å². The van der Waals surface area contributed by atoms with Crippen LogP contribution in [0.4, 0.5) is 0 Å². The van der Waals surface area contributed by atoms with Crippen molar-refractivity contribution in [3.8, 4) is 12.3 Å². The van der Waals surface area contributed by atoms with Crippen molar-refractivity contribution in [1.29, 1.82) is 0 Å². The third-order valence-corrected chi connectivity index (χ3v) is 2.80. The van der Waals surface area contributed by atoms with Gasteiger partial charge in [-0.05, 0) is 55.5 Å². The van der Waals surface area contributed by atoms with E-state index in [9.17, 15) is 0 Å². The van der Waals surface area contributed by atoms with Crippen molar-refractivity contribution in [2.45, 2.75) is 34.1 Å². The first-order chi connectivity index (χ1) is 6.07. The molecule has 0 saturated heterocycles. The molecule has 0 spiro atoms. The van der Waals surface area contributed by atoms with Crippen LogP contribution in [0.1, 0.15) is 27.8 Å². The topological polar surface area (TPSA) is 0 Å². The van der Waals surface area contributed by atoms with Gasteiger partial charge in [0.15, 0.2) is 0 Å². The fourth-order valence-electron chi connectivity index (χ4n) is 1.67. The van der Waals surface area contributed by atoms with Crippen LogP contribution >= 0.6 is 0 Å². The Morgan fingerprint density at radius 2 is 1.54 bits per heavy atom. The molecule has 0 radical (unpaired) electrons. The van der Waals surface area contributed by atoms with Gasteiger partial charge in [0.1, 0.15) is 0 Å². The quantitative estimate of drug-likeness (QED) is 0.571. The van der Waals surface area contributed by atoms with Crippen molar-refractivity contribution >= 4 is 0 Å². The summed E-state index contributed by atoms with van der Waals surface area (Å²) in [7, 11) is 0. The van der Waals surface area contributed by atoms with Gasteiger partial charge in [0, 0.05) is 6.42 Å². The Hall–Kier alpha value is -1.22. The molecular formula is C13H16. The second-order valence-electron chi connectivity index (χ2n) is 3.62. The molecule has 0 atom stereocenters. The fourth-order valence-corrected chi connectivity index (χ4v) is 1.67. The number of hydrogen-bond donors (Lipinski definition) is 0. The van der Waals surface area contributed by atoms with Crippen molar-refractivity contribution in [1.82, 2.24) is 0 Å². The molecule has 0 unspecified atom stereocenters. The lowest BCUT2D eigenvalue weighted by molar-refractivity contribution is 1.13. The molecule has 0 heterocycles. The molecule has 0 aliphatic heterocycles. The van der Waals surface area contributed by atoms with Crippen LogP contribution in [0.2, 0.25) is 0 Å². The highest BCUT2D eigenvalue weighted by atomic mass is 14.1. The molecule has 0 nitrogen and oxygen atoms in total. The van der Waals surface area contributed by atoms with Gasteiger partial charge in [-0.25, -0.2) is 0 Å². The molecule has 0 N–H and O–H groups in total. The summed E-state index contributed by atoms with van der Waals surface area (Å²) in [6, 6.07) is 2.23. The monoisotopic (exact) mass is 172 g/mol. The van der Waals surface area contributed by atoms with Gasteiger partial charge in [-0.1, -0.05) is 6.07 Å². The molecule has 0 saturated carbocycles. The summed E-state index contributed by atoms with van der Waals surface area (Å²) in [4.78, 5) is 0. The predicted octanol–water partition coefficient (Wildman–Crippen LogP) is 3.10. The average molecular weight is 172 g/mol. The summed E-state index contributed by atoms with van der Waals surface area (Å²) in [6.45, 7) is 8.58. The summed E-state index contributed by atoms with van der Waals surface area (Å²) in [5.74, 6) is 2.72. The summed E-state index contributed by atoms with van der Waals surface area (Å²) in [6.07, 6.45) is 6.10. The number of terminal acetylenes is 1. The number of aryl methyl sites for hydroxylation is 2. The third kappa shape index (κ3) is 1.75. The van der Waals surface area contributed by atoms with Crippen molar-refractivity contribution in [3.05, 3.63) is 33.9 Å². The minimum atomic E-state index is 0.750. The van der Waals surface area contributed by atoms with Gasteiger partial charge in [0.25, 0.3) is 0 Å². The van der Waals surface area contributed by atoms with Gasteiger partial charge >= 0.3 is 0 Å². The van der Waals surface area contributed by atoms with Crippen molar-refractivity contribution < 1.29 is 0 Å². The van der Waals surface area contributed by atoms with Crippen LogP contribution < -0.4 is 0 Å². The highest BCUT2D eigenvalue weighted by Gasteiger charge is 2.06. The van der Waals surface area contributed by atoms with Crippen LogP contribution in [0.15, 0.2) is 6.07 Å². The normalized spacial score (nSPS) is 9.77. The van der Waals surface area contributed by atoms with Gasteiger partial charge in [-0.2, -0.15) is 0 Å². The molecule has 68 valence electrons. The van der Waals surface area contributed by atoms with Gasteiger partial charge in [0.05, 0.1) is 0 Å². The van der Waals surface area contributed by atoms with Crippen LogP contribution in [0.25, 0.3) is 0 Å². The minimum absolute atomic E-state index is 0.750. The number of hydrogen-bond acceptors (Lipinski definition) is 0. The lowest BCUT2D eigenvalue weighted by atomic mass is 9.93. The van der Waals surface area contributed by atoms with E-state index >= 15 is 0 Å². The van der Waals surface area contributed by atoms with Crippen LogP contribution in [0, 0.1) is 40.0 Å². The maximum atomic E-state index is 5.35. The zero-order valence-electron chi connectivity index (χ0n) is 8.86. The zero-order valence-corrected chi connectivity index (χ0v) is 8.86. The number of rotatable bonds is 1. The van der Waals surface area contributed by atoms with Crippen molar-refractivity contribution in [3.63, 3.8) is 0 Å². The summed E-state index contributed by atoms with van der Waals surface area (Å²) >= 11 is 0. The third-order valence-electron chi connectivity index (χ3n) is 2.80. The van der Waals surface area contributed by atoms with Crippen LogP contribution in [-0.2, 0) is 6.42 Å². The number of benzene rings is 1. The molecule has 0 heteroatoms. The zero-order chi connectivity index (χ0) is 10.0. The van der Waals surface area contributed by atoms with E-state index in [0.29, 0.717) is 0 Å². The molecule has 1 aromatic rings. The van der Waals surface area contributed by atoms with Gasteiger partial charge in [0.2, 0.25) is 0 Å². The average Bonchev–Trinajstić information content (AvgIpc) is 2.09. The van der Waals surface area contributed by atoms with E-state index in [-0.39, 0.29) is 0 Å². The summed E-state index contributed by atoms with van der Waals surface area (Å²) in [5.41, 5.74) is 6.71. The first-order valence-corrected chi connectivity index (χ1v) is 4.57. The van der Waals surface area contributed by atoms with E-state index < -0.39 is 0 Å². The molecule has 0 bridgehead atoms. The lowest BCUT2D eigenvalue weighted by Gasteiger charge is -2.12. The molecule has 0 aliphatic carbocycles. The standard InChI is InChI=1S/C13H16/c1-6-7-13-11(4)9(2)8-10(3)12(13)5/h1,8H,7H2,2-5H3. The molecule has 0 aliphatic rings. The van der Waals surface area contributed by atoms with Crippen LogP contribution in [-0.4, -0.2) is 0 Å². The second kappa shape index (κ2) is 3.66. The molecule has 0 fully saturated rings. The molecule has 13 heavy (non-hydrogen) atoms. The summed E-state index contributed by atoms with van der Waals surface area (Å²) in [5, 5.41) is 0. The Morgan fingerprint density at radius 1 is 1.08 bits per heavy atom. The predicted molar refractivity (Wildman–Crippen MR) is 57.9 cm³/mol. The largest absolute Gasteiger partial charge is 0.120 e. The molecule has 0 amide bonds. The second-order valence-corrected chi connectivity index (χ2v) is 3.62. The van der Waals surface area contributed by atoms with E-state index in [1.54, 1.807) is 0 Å². The first kappa shape index (κ1) is 9.86. The van der Waals surface area contributed by atoms with E-state index in [0.717, 1.165) is 6.42 Å². The Kier molecular flexibility index (Phi) is 2.78. The molecular weight excluding hydrogens is 156 g/mol. The SMILES string of the molecule is C#CCc1c(C)c(C)cc(C)c1C. The highest BCUT2D eigenvalue weighted by molar-refractivity contribution is 5.45. The maximum Gasteiger partial charge on any atom is 0.0343 e. The Bertz CT molecular complexity index is 338. The highest BCUT2D eigenvalue weighted by Crippen LogP contribution is 2.21. The Labute approximate surface area is 81.0 Å².